The van der Waals surface area contributed by atoms with Crippen LogP contribution in [0, 0.1) is 17.1 Å². The van der Waals surface area contributed by atoms with Crippen molar-refractivity contribution < 1.29 is 9.13 Å². The molecule has 2 N–H and O–H groups in total. The van der Waals surface area contributed by atoms with Crippen molar-refractivity contribution in [3.63, 3.8) is 0 Å². The van der Waals surface area contributed by atoms with Gasteiger partial charge in [-0.25, -0.2) is 4.39 Å². The number of benzene rings is 1. The highest BCUT2D eigenvalue weighted by molar-refractivity contribution is 7.10. The van der Waals surface area contributed by atoms with Crippen molar-refractivity contribution in [2.75, 3.05) is 0 Å². The molecule has 2 aromatic rings. The molecule has 0 aliphatic heterocycles. The minimum absolute atomic E-state index is 0.117. The quantitative estimate of drug-likeness (QED) is 0.915. The third kappa shape index (κ3) is 3.16. The van der Waals surface area contributed by atoms with Crippen LogP contribution in [0.15, 0.2) is 35.7 Å². The molecule has 0 saturated carbocycles. The van der Waals surface area contributed by atoms with Gasteiger partial charge in [0.25, 0.3) is 0 Å². The van der Waals surface area contributed by atoms with Gasteiger partial charge in [-0.1, -0.05) is 13.0 Å². The summed E-state index contributed by atoms with van der Waals surface area (Å²) in [7, 11) is 0. The fourth-order valence-corrected chi connectivity index (χ4v) is 2.65. The lowest BCUT2D eigenvalue weighted by Gasteiger charge is -2.23. The maximum atomic E-state index is 13.9. The third-order valence-corrected chi connectivity index (χ3v) is 3.93. The van der Waals surface area contributed by atoms with Crippen LogP contribution in [0.4, 0.5) is 4.39 Å². The molecule has 0 aliphatic carbocycles. The number of hydrogen-bond donors (Lipinski definition) is 1. The van der Waals surface area contributed by atoms with Crippen LogP contribution in [-0.2, 0) is 0 Å². The van der Waals surface area contributed by atoms with Crippen molar-refractivity contribution in [1.29, 1.82) is 5.26 Å². The van der Waals surface area contributed by atoms with Gasteiger partial charge in [0.1, 0.15) is 6.10 Å². The largest absolute Gasteiger partial charge is 0.480 e. The van der Waals surface area contributed by atoms with E-state index in [-0.39, 0.29) is 23.5 Å². The minimum atomic E-state index is -0.547. The number of rotatable bonds is 5. The number of nitrogens with zero attached hydrogens (tertiary/aromatic N) is 1. The van der Waals surface area contributed by atoms with E-state index in [1.165, 1.54) is 23.5 Å². The smallest absolute Gasteiger partial charge is 0.166 e. The summed E-state index contributed by atoms with van der Waals surface area (Å²) in [5.41, 5.74) is 6.34. The molecule has 0 amide bonds. The Morgan fingerprint density at radius 1 is 1.45 bits per heavy atom. The van der Waals surface area contributed by atoms with Crippen molar-refractivity contribution in [2.24, 2.45) is 5.73 Å². The Morgan fingerprint density at radius 2 is 2.25 bits per heavy atom. The zero-order valence-corrected chi connectivity index (χ0v) is 11.9. The van der Waals surface area contributed by atoms with Gasteiger partial charge in [0.05, 0.1) is 11.6 Å². The molecule has 0 aliphatic rings. The summed E-state index contributed by atoms with van der Waals surface area (Å²) in [5, 5.41) is 10.7. The van der Waals surface area contributed by atoms with E-state index >= 15 is 0 Å². The lowest BCUT2D eigenvalue weighted by Crippen LogP contribution is -2.31. The van der Waals surface area contributed by atoms with Crippen LogP contribution in [0.2, 0.25) is 0 Å². The van der Waals surface area contributed by atoms with E-state index in [1.54, 1.807) is 0 Å². The molecule has 0 saturated heterocycles. The van der Waals surface area contributed by atoms with Gasteiger partial charge in [0.2, 0.25) is 0 Å². The molecule has 2 atom stereocenters. The zero-order valence-electron chi connectivity index (χ0n) is 11.0. The van der Waals surface area contributed by atoms with Gasteiger partial charge in [0.15, 0.2) is 11.6 Å². The molecule has 0 spiro atoms. The molecular weight excluding hydrogens is 275 g/mol. The Bertz CT molecular complexity index is 607. The first-order valence-electron chi connectivity index (χ1n) is 6.31. The first-order valence-corrected chi connectivity index (χ1v) is 7.19. The molecule has 0 bridgehead atoms. The maximum Gasteiger partial charge on any atom is 0.166 e. The van der Waals surface area contributed by atoms with E-state index in [1.807, 2.05) is 30.5 Å². The topological polar surface area (TPSA) is 59.0 Å². The van der Waals surface area contributed by atoms with Gasteiger partial charge in [-0.05, 0) is 36.1 Å². The standard InChI is InChI=1S/C15H15FN2OS/c1-2-12(18)15(14-4-3-7-20-14)19-13-6-5-10(9-17)8-11(13)16/h3-8,12,15H,2,18H2,1H3. The van der Waals surface area contributed by atoms with Crippen LogP contribution < -0.4 is 10.5 Å². The predicted octanol–water partition coefficient (Wildman–Crippen LogP) is 3.62. The second-order valence-electron chi connectivity index (χ2n) is 4.38. The van der Waals surface area contributed by atoms with Crippen LogP contribution in [-0.4, -0.2) is 6.04 Å². The average Bonchev–Trinajstić information content (AvgIpc) is 2.99. The van der Waals surface area contributed by atoms with Gasteiger partial charge in [0, 0.05) is 10.9 Å². The van der Waals surface area contributed by atoms with E-state index < -0.39 is 5.82 Å². The van der Waals surface area contributed by atoms with Crippen LogP contribution in [0.1, 0.15) is 29.9 Å². The van der Waals surface area contributed by atoms with Gasteiger partial charge in [-0.2, -0.15) is 5.26 Å². The number of ether oxygens (including phenoxy) is 1. The van der Waals surface area contributed by atoms with Crippen molar-refractivity contribution in [3.05, 3.63) is 52.0 Å². The van der Waals surface area contributed by atoms with E-state index in [0.29, 0.717) is 0 Å². The highest BCUT2D eigenvalue weighted by Gasteiger charge is 2.22. The molecule has 5 heteroatoms. The second kappa shape index (κ2) is 6.51. The lowest BCUT2D eigenvalue weighted by atomic mass is 10.1. The molecule has 2 rings (SSSR count). The summed E-state index contributed by atoms with van der Waals surface area (Å²) in [4.78, 5) is 0.961. The summed E-state index contributed by atoms with van der Waals surface area (Å²) >= 11 is 1.53. The Morgan fingerprint density at radius 3 is 2.80 bits per heavy atom. The Labute approximate surface area is 121 Å². The second-order valence-corrected chi connectivity index (χ2v) is 5.36. The van der Waals surface area contributed by atoms with Crippen molar-refractivity contribution in [2.45, 2.75) is 25.5 Å². The monoisotopic (exact) mass is 290 g/mol. The Balaban J connectivity index is 2.27. The van der Waals surface area contributed by atoms with Gasteiger partial charge in [-0.3, -0.25) is 0 Å². The minimum Gasteiger partial charge on any atom is -0.480 e. The predicted molar refractivity (Wildman–Crippen MR) is 77.1 cm³/mol. The van der Waals surface area contributed by atoms with Crippen molar-refractivity contribution in [3.8, 4) is 11.8 Å². The lowest BCUT2D eigenvalue weighted by molar-refractivity contribution is 0.167. The van der Waals surface area contributed by atoms with Gasteiger partial charge < -0.3 is 10.5 Å². The fourth-order valence-electron chi connectivity index (χ4n) is 1.83. The SMILES string of the molecule is CCC(N)C(Oc1ccc(C#N)cc1F)c1cccs1. The molecule has 1 heterocycles. The molecule has 104 valence electrons. The fraction of sp³-hybridized carbons (Fsp3) is 0.267. The number of halogens is 1. The molecular formula is C15H15FN2OS. The maximum absolute atomic E-state index is 13.9. The molecule has 0 radical (unpaired) electrons. The number of hydrogen-bond acceptors (Lipinski definition) is 4. The molecule has 0 fully saturated rings. The third-order valence-electron chi connectivity index (χ3n) is 3.00. The van der Waals surface area contributed by atoms with Crippen LogP contribution in [0.3, 0.4) is 0 Å². The summed E-state index contributed by atoms with van der Waals surface area (Å²) in [5.74, 6) is -0.430. The van der Waals surface area contributed by atoms with E-state index in [2.05, 4.69) is 0 Å². The summed E-state index contributed by atoms with van der Waals surface area (Å²) < 4.78 is 19.6. The highest BCUT2D eigenvalue weighted by atomic mass is 32.1. The number of nitriles is 1. The number of thiophene rings is 1. The average molecular weight is 290 g/mol. The van der Waals surface area contributed by atoms with Crippen LogP contribution >= 0.6 is 11.3 Å². The van der Waals surface area contributed by atoms with Crippen molar-refractivity contribution in [1.82, 2.24) is 0 Å². The summed E-state index contributed by atoms with van der Waals surface area (Å²) in [6, 6.07) is 9.67. The van der Waals surface area contributed by atoms with Crippen molar-refractivity contribution >= 4 is 11.3 Å². The number of nitrogens with two attached hydrogens (primary N) is 1. The Kier molecular flexibility index (Phi) is 4.72. The van der Waals surface area contributed by atoms with E-state index in [0.717, 1.165) is 17.4 Å². The molecule has 2 unspecified atom stereocenters. The first kappa shape index (κ1) is 14.5. The van der Waals surface area contributed by atoms with E-state index in [4.69, 9.17) is 15.7 Å². The molecule has 1 aromatic heterocycles. The first-order chi connectivity index (χ1) is 9.65. The molecule has 3 nitrogen and oxygen atoms in total. The van der Waals surface area contributed by atoms with Gasteiger partial charge in [-0.15, -0.1) is 11.3 Å². The van der Waals surface area contributed by atoms with E-state index in [9.17, 15) is 4.39 Å². The van der Waals surface area contributed by atoms with Crippen LogP contribution in [0.25, 0.3) is 0 Å². The molecule has 1 aromatic carbocycles. The van der Waals surface area contributed by atoms with Gasteiger partial charge >= 0.3 is 0 Å². The zero-order chi connectivity index (χ0) is 14.5. The molecule has 20 heavy (non-hydrogen) atoms. The summed E-state index contributed by atoms with van der Waals surface area (Å²) in [6.45, 7) is 1.96. The summed E-state index contributed by atoms with van der Waals surface area (Å²) in [6.07, 6.45) is 0.336. The highest BCUT2D eigenvalue weighted by Crippen LogP contribution is 2.30. The normalized spacial score (nSPS) is 13.5. The Hall–Kier alpha value is -1.90. The van der Waals surface area contributed by atoms with Crippen LogP contribution in [0.5, 0.6) is 5.75 Å².